The lowest BCUT2D eigenvalue weighted by Gasteiger charge is -2.25. The van der Waals surface area contributed by atoms with Gasteiger partial charge in [0.2, 0.25) is 8.32 Å². The molecule has 13 heavy (non-hydrogen) atoms. The molecule has 0 aromatic heterocycles. The quantitative estimate of drug-likeness (QED) is 0.304. The van der Waals surface area contributed by atoms with Gasteiger partial charge in [-0.15, -0.1) is 0 Å². The Morgan fingerprint density at radius 3 is 2.00 bits per heavy atom. The van der Waals surface area contributed by atoms with Crippen molar-refractivity contribution in [2.24, 2.45) is 0 Å². The van der Waals surface area contributed by atoms with E-state index in [0.29, 0.717) is 0 Å². The van der Waals surface area contributed by atoms with Gasteiger partial charge in [0.25, 0.3) is 0 Å². The van der Waals surface area contributed by atoms with Crippen LogP contribution in [0.15, 0.2) is 0 Å². The number of carbonyl (C=O) groups is 1. The summed E-state index contributed by atoms with van der Waals surface area (Å²) in [6.45, 7) is 9.14. The summed E-state index contributed by atoms with van der Waals surface area (Å²) in [7, 11) is -0.434. The van der Waals surface area contributed by atoms with Gasteiger partial charge in [-0.1, -0.05) is 0 Å². The number of methoxy groups -OCH3 is 1. The van der Waals surface area contributed by atoms with E-state index in [4.69, 9.17) is 9.46 Å². The van der Waals surface area contributed by atoms with Crippen molar-refractivity contribution < 1.29 is 19.0 Å². The Hall–Kier alpha value is -0.393. The highest BCUT2D eigenvalue weighted by Gasteiger charge is 2.33. The van der Waals surface area contributed by atoms with Gasteiger partial charge < -0.3 is 4.74 Å². The largest absolute Gasteiger partial charge is 0.467 e. The fourth-order valence-corrected chi connectivity index (χ4v) is 0.967. The fourth-order valence-electron chi connectivity index (χ4n) is 0.509. The summed E-state index contributed by atoms with van der Waals surface area (Å²) < 4.78 is 9.71. The molecule has 0 atom stereocenters. The van der Waals surface area contributed by atoms with Gasteiger partial charge >= 0.3 is 5.97 Å². The standard InChI is InChI=1S/C8H18O4Si/c1-8(2,7(9)10-3)11-12-13(4,5)6/h1-6H3. The number of esters is 1. The number of hydrogen-bond acceptors (Lipinski definition) is 4. The van der Waals surface area contributed by atoms with Gasteiger partial charge in [-0.25, -0.2) is 9.68 Å². The maximum atomic E-state index is 11.1. The Kier molecular flexibility index (Phi) is 4.08. The molecule has 0 spiro atoms. The van der Waals surface area contributed by atoms with E-state index in [0.717, 1.165) is 0 Å². The van der Waals surface area contributed by atoms with Crippen LogP contribution in [-0.4, -0.2) is 27.0 Å². The summed E-state index contributed by atoms with van der Waals surface area (Å²) >= 11 is 0. The van der Waals surface area contributed by atoms with Crippen LogP contribution in [0, 0.1) is 0 Å². The Morgan fingerprint density at radius 1 is 1.23 bits per heavy atom. The Morgan fingerprint density at radius 2 is 1.69 bits per heavy atom. The number of ether oxygens (including phenoxy) is 1. The van der Waals surface area contributed by atoms with Crippen LogP contribution < -0.4 is 0 Å². The molecule has 0 aliphatic carbocycles. The highest BCUT2D eigenvalue weighted by Crippen LogP contribution is 2.15. The molecule has 0 amide bonds. The number of carbonyl (C=O) groups excluding carboxylic acids is 1. The second-order valence-electron chi connectivity index (χ2n) is 4.28. The van der Waals surface area contributed by atoms with Crippen molar-refractivity contribution in [2.75, 3.05) is 7.11 Å². The maximum absolute atomic E-state index is 11.1. The van der Waals surface area contributed by atoms with Crippen molar-refractivity contribution in [1.82, 2.24) is 0 Å². The zero-order valence-electron chi connectivity index (χ0n) is 9.13. The molecule has 0 heterocycles. The summed E-state index contributed by atoms with van der Waals surface area (Å²) in [4.78, 5) is 16.2. The lowest BCUT2D eigenvalue weighted by atomic mass is 10.1. The molecule has 0 aromatic rings. The number of rotatable bonds is 4. The van der Waals surface area contributed by atoms with Gasteiger partial charge in [0.05, 0.1) is 7.11 Å². The lowest BCUT2D eigenvalue weighted by Crippen LogP contribution is -2.40. The first-order chi connectivity index (χ1) is 5.69. The summed E-state index contributed by atoms with van der Waals surface area (Å²) in [5.74, 6) is -0.439. The van der Waals surface area contributed by atoms with E-state index in [9.17, 15) is 4.79 Å². The summed E-state index contributed by atoms with van der Waals surface area (Å²) in [5, 5.41) is 0. The monoisotopic (exact) mass is 206 g/mol. The van der Waals surface area contributed by atoms with Crippen molar-refractivity contribution in [1.29, 1.82) is 0 Å². The zero-order valence-corrected chi connectivity index (χ0v) is 10.1. The van der Waals surface area contributed by atoms with Gasteiger partial charge in [0.15, 0.2) is 5.60 Å². The number of hydrogen-bond donors (Lipinski definition) is 0. The predicted molar refractivity (Wildman–Crippen MR) is 51.6 cm³/mol. The first kappa shape index (κ1) is 12.6. The van der Waals surface area contributed by atoms with Gasteiger partial charge in [-0.2, -0.15) is 0 Å². The molecule has 0 unspecified atom stereocenters. The van der Waals surface area contributed by atoms with Gasteiger partial charge in [0.1, 0.15) is 0 Å². The molecular weight excluding hydrogens is 188 g/mol. The smallest absolute Gasteiger partial charge is 0.340 e. The van der Waals surface area contributed by atoms with Crippen LogP contribution in [0.1, 0.15) is 13.8 Å². The second-order valence-corrected chi connectivity index (χ2v) is 8.67. The maximum Gasteiger partial charge on any atom is 0.340 e. The summed E-state index contributed by atoms with van der Waals surface area (Å²) in [5.41, 5.74) is -1.03. The second kappa shape index (κ2) is 4.21. The Balaban J connectivity index is 4.11. The topological polar surface area (TPSA) is 44.8 Å². The molecule has 4 nitrogen and oxygen atoms in total. The Labute approximate surface area is 80.2 Å². The first-order valence-electron chi connectivity index (χ1n) is 4.14. The van der Waals surface area contributed by atoms with E-state index in [1.54, 1.807) is 13.8 Å². The summed E-state index contributed by atoms with van der Waals surface area (Å²) in [6.07, 6.45) is 0. The molecule has 0 bridgehead atoms. The van der Waals surface area contributed by atoms with E-state index >= 15 is 0 Å². The minimum absolute atomic E-state index is 0.439. The SMILES string of the molecule is COC(=O)C(C)(C)OO[Si](C)(C)C. The highest BCUT2D eigenvalue weighted by atomic mass is 28.4. The van der Waals surface area contributed by atoms with Crippen LogP contribution >= 0.6 is 0 Å². The third-order valence-electron chi connectivity index (χ3n) is 1.18. The third-order valence-corrected chi connectivity index (χ3v) is 1.76. The van der Waals surface area contributed by atoms with E-state index in [-0.39, 0.29) is 0 Å². The van der Waals surface area contributed by atoms with Crippen molar-refractivity contribution >= 4 is 14.3 Å². The average molecular weight is 206 g/mol. The molecule has 0 N–H and O–H groups in total. The zero-order chi connectivity index (χ0) is 10.7. The lowest BCUT2D eigenvalue weighted by molar-refractivity contribution is -0.287. The normalized spacial score (nSPS) is 12.8. The van der Waals surface area contributed by atoms with Crippen molar-refractivity contribution in [3.63, 3.8) is 0 Å². The minimum Gasteiger partial charge on any atom is -0.467 e. The van der Waals surface area contributed by atoms with Gasteiger partial charge in [-0.05, 0) is 33.5 Å². The molecule has 0 saturated heterocycles. The molecule has 0 aliphatic heterocycles. The van der Waals surface area contributed by atoms with E-state index < -0.39 is 19.9 Å². The van der Waals surface area contributed by atoms with Crippen molar-refractivity contribution in [3.05, 3.63) is 0 Å². The van der Waals surface area contributed by atoms with E-state index in [2.05, 4.69) is 4.74 Å². The van der Waals surface area contributed by atoms with Crippen LogP contribution in [0.3, 0.4) is 0 Å². The molecule has 0 rings (SSSR count). The summed E-state index contributed by atoms with van der Waals surface area (Å²) in [6, 6.07) is 0. The Bertz CT molecular complexity index is 183. The molecule has 0 saturated carbocycles. The first-order valence-corrected chi connectivity index (χ1v) is 7.55. The fraction of sp³-hybridized carbons (Fsp3) is 0.875. The van der Waals surface area contributed by atoms with Crippen molar-refractivity contribution in [3.8, 4) is 0 Å². The van der Waals surface area contributed by atoms with Crippen molar-refractivity contribution in [2.45, 2.75) is 39.1 Å². The van der Waals surface area contributed by atoms with Crippen LogP contribution in [0.4, 0.5) is 0 Å². The highest BCUT2D eigenvalue weighted by molar-refractivity contribution is 6.69. The molecule has 0 aromatic carbocycles. The van der Waals surface area contributed by atoms with Gasteiger partial charge in [-0.3, -0.25) is 4.58 Å². The molecule has 5 heteroatoms. The van der Waals surface area contributed by atoms with Crippen LogP contribution in [0.25, 0.3) is 0 Å². The van der Waals surface area contributed by atoms with Crippen LogP contribution in [0.2, 0.25) is 19.6 Å². The third kappa shape index (κ3) is 5.02. The molecular formula is C8H18O4Si. The van der Waals surface area contributed by atoms with Crippen LogP contribution in [0.5, 0.6) is 0 Å². The minimum atomic E-state index is -1.76. The predicted octanol–water partition coefficient (Wildman–Crippen LogP) is 1.72. The molecule has 0 fully saturated rings. The average Bonchev–Trinajstić information content (AvgIpc) is 1.98. The molecule has 0 aliphatic rings. The van der Waals surface area contributed by atoms with E-state index in [1.165, 1.54) is 7.11 Å². The molecule has 78 valence electrons. The molecule has 0 radical (unpaired) electrons. The van der Waals surface area contributed by atoms with Gasteiger partial charge in [0, 0.05) is 0 Å². The van der Waals surface area contributed by atoms with E-state index in [1.807, 2.05) is 19.6 Å². The van der Waals surface area contributed by atoms with Crippen LogP contribution in [-0.2, 0) is 19.0 Å².